The van der Waals surface area contributed by atoms with E-state index in [9.17, 15) is 0 Å². The van der Waals surface area contributed by atoms with Crippen molar-refractivity contribution in [2.45, 2.75) is 33.4 Å². The number of aryl methyl sites for hydroxylation is 2. The summed E-state index contributed by atoms with van der Waals surface area (Å²) in [6.07, 6.45) is 0. The molecule has 0 aliphatic carbocycles. The molecule has 2 rings (SSSR count). The first kappa shape index (κ1) is 15.5. The fraction of sp³-hybridized carbons (Fsp3) is 0.278. The summed E-state index contributed by atoms with van der Waals surface area (Å²) in [7, 11) is 0. The molecule has 1 unspecified atom stereocenters. The summed E-state index contributed by atoms with van der Waals surface area (Å²) in [6.45, 7) is 7.04. The molecule has 0 spiro atoms. The molecule has 0 amide bonds. The SMILES string of the molecule is Cc1ccc(CNC(=S)NC(C)c2ccc(C)cc2)cc1. The molecule has 0 radical (unpaired) electrons. The normalized spacial score (nSPS) is 11.8. The Morgan fingerprint density at radius 1 is 0.952 bits per heavy atom. The Morgan fingerprint density at radius 3 is 2.05 bits per heavy atom. The third kappa shape index (κ3) is 4.87. The maximum Gasteiger partial charge on any atom is 0.167 e. The van der Waals surface area contributed by atoms with Crippen LogP contribution < -0.4 is 10.6 Å². The molecule has 0 heterocycles. The highest BCUT2D eigenvalue weighted by atomic mass is 32.1. The zero-order valence-electron chi connectivity index (χ0n) is 12.8. The van der Waals surface area contributed by atoms with E-state index in [1.807, 2.05) is 0 Å². The van der Waals surface area contributed by atoms with Crippen LogP contribution in [-0.2, 0) is 6.54 Å². The summed E-state index contributed by atoms with van der Waals surface area (Å²) >= 11 is 5.36. The molecular weight excluding hydrogens is 276 g/mol. The average Bonchev–Trinajstić information content (AvgIpc) is 2.47. The van der Waals surface area contributed by atoms with Crippen LogP contribution in [0.4, 0.5) is 0 Å². The van der Waals surface area contributed by atoms with Crippen LogP contribution in [0, 0.1) is 13.8 Å². The van der Waals surface area contributed by atoms with E-state index in [1.165, 1.54) is 22.3 Å². The number of hydrogen-bond acceptors (Lipinski definition) is 1. The Hall–Kier alpha value is -1.87. The van der Waals surface area contributed by atoms with E-state index in [1.54, 1.807) is 0 Å². The highest BCUT2D eigenvalue weighted by Gasteiger charge is 2.06. The molecule has 110 valence electrons. The smallest absolute Gasteiger partial charge is 0.167 e. The van der Waals surface area contributed by atoms with Crippen LogP contribution in [0.25, 0.3) is 0 Å². The van der Waals surface area contributed by atoms with E-state index in [0.29, 0.717) is 5.11 Å². The summed E-state index contributed by atoms with van der Waals surface area (Å²) in [5.41, 5.74) is 5.01. The number of rotatable bonds is 4. The van der Waals surface area contributed by atoms with Gasteiger partial charge < -0.3 is 10.6 Å². The first-order chi connectivity index (χ1) is 10.0. The third-order valence-corrected chi connectivity index (χ3v) is 3.76. The van der Waals surface area contributed by atoms with E-state index in [4.69, 9.17) is 12.2 Å². The van der Waals surface area contributed by atoms with Gasteiger partial charge in [0, 0.05) is 6.54 Å². The first-order valence-corrected chi connectivity index (χ1v) is 7.62. The molecule has 1 atom stereocenters. The van der Waals surface area contributed by atoms with Gasteiger partial charge in [0.25, 0.3) is 0 Å². The van der Waals surface area contributed by atoms with Gasteiger partial charge in [0.1, 0.15) is 0 Å². The molecule has 0 bridgehead atoms. The minimum atomic E-state index is 0.198. The van der Waals surface area contributed by atoms with E-state index >= 15 is 0 Å². The van der Waals surface area contributed by atoms with Gasteiger partial charge in [-0.1, -0.05) is 59.7 Å². The van der Waals surface area contributed by atoms with Crippen LogP contribution in [0.2, 0.25) is 0 Å². The van der Waals surface area contributed by atoms with Crippen molar-refractivity contribution in [2.75, 3.05) is 0 Å². The minimum Gasteiger partial charge on any atom is -0.359 e. The van der Waals surface area contributed by atoms with Crippen LogP contribution in [-0.4, -0.2) is 5.11 Å². The second-order valence-electron chi connectivity index (χ2n) is 5.44. The fourth-order valence-electron chi connectivity index (χ4n) is 2.07. The Bertz CT molecular complexity index is 588. The highest BCUT2D eigenvalue weighted by molar-refractivity contribution is 7.80. The van der Waals surface area contributed by atoms with Gasteiger partial charge in [-0.15, -0.1) is 0 Å². The third-order valence-electron chi connectivity index (χ3n) is 3.50. The molecule has 0 fully saturated rings. The molecule has 2 aromatic rings. The maximum absolute atomic E-state index is 5.36. The van der Waals surface area contributed by atoms with Crippen LogP contribution in [0.3, 0.4) is 0 Å². The summed E-state index contributed by atoms with van der Waals surface area (Å²) < 4.78 is 0. The number of hydrogen-bond donors (Lipinski definition) is 2. The molecule has 2 N–H and O–H groups in total. The van der Waals surface area contributed by atoms with Gasteiger partial charge in [-0.3, -0.25) is 0 Å². The fourth-order valence-corrected chi connectivity index (χ4v) is 2.32. The van der Waals surface area contributed by atoms with Crippen molar-refractivity contribution < 1.29 is 0 Å². The van der Waals surface area contributed by atoms with E-state index in [2.05, 4.69) is 79.9 Å². The van der Waals surface area contributed by atoms with Gasteiger partial charge in [0.15, 0.2) is 5.11 Å². The van der Waals surface area contributed by atoms with Crippen LogP contribution in [0.1, 0.15) is 35.2 Å². The lowest BCUT2D eigenvalue weighted by Gasteiger charge is -2.17. The number of thiocarbonyl (C=S) groups is 1. The van der Waals surface area contributed by atoms with Crippen molar-refractivity contribution in [1.29, 1.82) is 0 Å². The van der Waals surface area contributed by atoms with Crippen molar-refractivity contribution in [3.8, 4) is 0 Å². The zero-order valence-corrected chi connectivity index (χ0v) is 13.6. The van der Waals surface area contributed by atoms with Gasteiger partial charge in [0.2, 0.25) is 0 Å². The van der Waals surface area contributed by atoms with Gasteiger partial charge in [-0.25, -0.2) is 0 Å². The van der Waals surface area contributed by atoms with Crippen molar-refractivity contribution in [3.05, 3.63) is 70.8 Å². The lowest BCUT2D eigenvalue weighted by Crippen LogP contribution is -2.36. The minimum absolute atomic E-state index is 0.198. The Morgan fingerprint density at radius 2 is 1.48 bits per heavy atom. The van der Waals surface area contributed by atoms with Crippen LogP contribution in [0.5, 0.6) is 0 Å². The maximum atomic E-state index is 5.36. The van der Waals surface area contributed by atoms with Crippen molar-refractivity contribution in [2.24, 2.45) is 0 Å². The monoisotopic (exact) mass is 298 g/mol. The standard InChI is InChI=1S/C18H22N2S/c1-13-4-8-16(9-5-13)12-19-18(21)20-15(3)17-10-6-14(2)7-11-17/h4-11,15H,12H2,1-3H3,(H2,19,20,21). The van der Waals surface area contributed by atoms with E-state index < -0.39 is 0 Å². The van der Waals surface area contributed by atoms with E-state index in [0.717, 1.165) is 6.54 Å². The summed E-state index contributed by atoms with van der Waals surface area (Å²) in [5, 5.41) is 7.25. The van der Waals surface area contributed by atoms with Crippen molar-refractivity contribution in [3.63, 3.8) is 0 Å². The molecule has 21 heavy (non-hydrogen) atoms. The summed E-state index contributed by atoms with van der Waals surface area (Å²) in [5.74, 6) is 0. The molecule has 0 aliphatic heterocycles. The zero-order chi connectivity index (χ0) is 15.2. The Balaban J connectivity index is 1.83. The van der Waals surface area contributed by atoms with Crippen molar-refractivity contribution >= 4 is 17.3 Å². The predicted octanol–water partition coefficient (Wildman–Crippen LogP) is 4.03. The molecule has 3 heteroatoms. The molecule has 0 saturated heterocycles. The first-order valence-electron chi connectivity index (χ1n) is 7.21. The molecule has 2 nitrogen and oxygen atoms in total. The quantitative estimate of drug-likeness (QED) is 0.833. The largest absolute Gasteiger partial charge is 0.359 e. The topological polar surface area (TPSA) is 24.1 Å². The van der Waals surface area contributed by atoms with E-state index in [-0.39, 0.29) is 6.04 Å². The van der Waals surface area contributed by atoms with Gasteiger partial charge in [-0.05, 0) is 44.1 Å². The molecule has 0 aliphatic rings. The molecule has 0 saturated carbocycles. The Kier molecular flexibility index (Phi) is 5.34. The second kappa shape index (κ2) is 7.23. The van der Waals surface area contributed by atoms with Gasteiger partial charge in [-0.2, -0.15) is 0 Å². The number of nitrogens with one attached hydrogen (secondary N) is 2. The average molecular weight is 298 g/mol. The number of benzene rings is 2. The lowest BCUT2D eigenvalue weighted by atomic mass is 10.1. The Labute approximate surface area is 132 Å². The summed E-state index contributed by atoms with van der Waals surface area (Å²) in [4.78, 5) is 0. The van der Waals surface area contributed by atoms with Crippen LogP contribution >= 0.6 is 12.2 Å². The second-order valence-corrected chi connectivity index (χ2v) is 5.85. The molecule has 2 aromatic carbocycles. The lowest BCUT2D eigenvalue weighted by molar-refractivity contribution is 0.697. The van der Waals surface area contributed by atoms with Crippen molar-refractivity contribution in [1.82, 2.24) is 10.6 Å². The molecular formula is C18H22N2S. The molecule has 0 aromatic heterocycles. The summed E-state index contributed by atoms with van der Waals surface area (Å²) in [6, 6.07) is 17.2. The highest BCUT2D eigenvalue weighted by Crippen LogP contribution is 2.12. The van der Waals surface area contributed by atoms with Crippen LogP contribution in [0.15, 0.2) is 48.5 Å². The predicted molar refractivity (Wildman–Crippen MR) is 93.3 cm³/mol. The van der Waals surface area contributed by atoms with Gasteiger partial charge >= 0.3 is 0 Å². The van der Waals surface area contributed by atoms with Gasteiger partial charge in [0.05, 0.1) is 6.04 Å².